The molecule has 1 heterocycles. The van der Waals surface area contributed by atoms with Gasteiger partial charge in [-0.2, -0.15) is 0 Å². The van der Waals surface area contributed by atoms with Crippen molar-refractivity contribution in [3.05, 3.63) is 0 Å². The molecule has 142 valence electrons. The van der Waals surface area contributed by atoms with E-state index >= 15 is 0 Å². The van der Waals surface area contributed by atoms with Crippen LogP contribution in [0.1, 0.15) is 47.5 Å². The van der Waals surface area contributed by atoms with Crippen LogP contribution in [0, 0.1) is 5.92 Å². The van der Waals surface area contributed by atoms with Crippen LogP contribution in [0.4, 0.5) is 0 Å². The molecule has 1 aliphatic heterocycles. The fourth-order valence-corrected chi connectivity index (χ4v) is 4.44. The van der Waals surface area contributed by atoms with E-state index in [1.807, 2.05) is 0 Å². The average Bonchev–Trinajstić information content (AvgIpc) is 2.58. The van der Waals surface area contributed by atoms with Crippen LogP contribution >= 0.6 is 0 Å². The lowest BCUT2D eigenvalue weighted by molar-refractivity contribution is -0.120. The maximum Gasteiger partial charge on any atom is 0.238 e. The second-order valence-corrected chi connectivity index (χ2v) is 9.65. The fraction of sp³-hybridized carbons (Fsp3) is 0.941. The highest BCUT2D eigenvalue weighted by Crippen LogP contribution is 2.20. The molecule has 0 aromatic rings. The summed E-state index contributed by atoms with van der Waals surface area (Å²) in [5.74, 6) is 0.0772. The summed E-state index contributed by atoms with van der Waals surface area (Å²) in [6.45, 7) is 12.7. The van der Waals surface area contributed by atoms with E-state index in [4.69, 9.17) is 4.74 Å². The van der Waals surface area contributed by atoms with Crippen molar-refractivity contribution in [2.75, 3.05) is 32.8 Å². The number of hydrogen-bond acceptors (Lipinski definition) is 5. The van der Waals surface area contributed by atoms with E-state index in [0.29, 0.717) is 25.7 Å². The normalized spacial score (nSPS) is 19.5. The van der Waals surface area contributed by atoms with Crippen LogP contribution in [0.25, 0.3) is 0 Å². The predicted molar refractivity (Wildman–Crippen MR) is 96.8 cm³/mol. The molecule has 2 unspecified atom stereocenters. The van der Waals surface area contributed by atoms with Crippen molar-refractivity contribution in [3.8, 4) is 0 Å². The SMILES string of the molecule is CCC(CC)C(CNC(=O)C(C)S(=O)(=O)C(C)C)N1CCOCC1. The lowest BCUT2D eigenvalue weighted by Crippen LogP contribution is -2.53. The molecule has 1 amide bonds. The summed E-state index contributed by atoms with van der Waals surface area (Å²) in [5, 5.41) is 1.33. The van der Waals surface area contributed by atoms with Crippen LogP contribution in [0.5, 0.6) is 0 Å². The van der Waals surface area contributed by atoms with Gasteiger partial charge in [-0.25, -0.2) is 8.42 Å². The summed E-state index contributed by atoms with van der Waals surface area (Å²) in [4.78, 5) is 14.7. The minimum absolute atomic E-state index is 0.224. The Kier molecular flexibility index (Phi) is 8.67. The van der Waals surface area contributed by atoms with E-state index < -0.39 is 26.2 Å². The van der Waals surface area contributed by atoms with Gasteiger partial charge in [-0.05, 0) is 26.7 Å². The van der Waals surface area contributed by atoms with E-state index in [9.17, 15) is 13.2 Å². The first-order valence-corrected chi connectivity index (χ1v) is 10.7. The van der Waals surface area contributed by atoms with Crippen molar-refractivity contribution >= 4 is 15.7 Å². The molecule has 7 heteroatoms. The van der Waals surface area contributed by atoms with Crippen molar-refractivity contribution in [2.45, 2.75) is 64.0 Å². The number of amides is 1. The Morgan fingerprint density at radius 1 is 1.12 bits per heavy atom. The molecular formula is C17H34N2O4S. The van der Waals surface area contributed by atoms with E-state index in [2.05, 4.69) is 24.1 Å². The second-order valence-electron chi connectivity index (χ2n) is 6.82. The lowest BCUT2D eigenvalue weighted by Gasteiger charge is -2.39. The topological polar surface area (TPSA) is 75.7 Å². The van der Waals surface area contributed by atoms with Crippen LogP contribution in [0.2, 0.25) is 0 Å². The first-order chi connectivity index (χ1) is 11.3. The zero-order valence-electron chi connectivity index (χ0n) is 15.7. The van der Waals surface area contributed by atoms with Gasteiger partial charge >= 0.3 is 0 Å². The molecule has 1 N–H and O–H groups in total. The molecule has 24 heavy (non-hydrogen) atoms. The van der Waals surface area contributed by atoms with Gasteiger partial charge < -0.3 is 10.1 Å². The Bertz CT molecular complexity index is 483. The van der Waals surface area contributed by atoms with Crippen molar-refractivity contribution in [2.24, 2.45) is 5.92 Å². The summed E-state index contributed by atoms with van der Waals surface area (Å²) in [6, 6.07) is 0.224. The zero-order valence-corrected chi connectivity index (χ0v) is 16.6. The summed E-state index contributed by atoms with van der Waals surface area (Å²) in [6.07, 6.45) is 2.07. The predicted octanol–water partition coefficient (Wildman–Crippen LogP) is 1.45. The molecule has 1 aliphatic rings. The number of ether oxygens (including phenoxy) is 1. The van der Waals surface area contributed by atoms with Gasteiger partial charge in [0, 0.05) is 25.7 Å². The first kappa shape index (κ1) is 21.4. The zero-order chi connectivity index (χ0) is 18.3. The van der Waals surface area contributed by atoms with Crippen LogP contribution in [0.15, 0.2) is 0 Å². The van der Waals surface area contributed by atoms with Crippen LogP contribution in [-0.2, 0) is 19.4 Å². The van der Waals surface area contributed by atoms with Crippen molar-refractivity contribution < 1.29 is 17.9 Å². The lowest BCUT2D eigenvalue weighted by atomic mass is 9.92. The summed E-state index contributed by atoms with van der Waals surface area (Å²) >= 11 is 0. The molecule has 0 aliphatic carbocycles. The Morgan fingerprint density at radius 3 is 2.12 bits per heavy atom. The molecule has 0 saturated carbocycles. The van der Waals surface area contributed by atoms with E-state index in [1.165, 1.54) is 6.92 Å². The Morgan fingerprint density at radius 2 is 1.67 bits per heavy atom. The highest BCUT2D eigenvalue weighted by molar-refractivity contribution is 7.93. The third-order valence-electron chi connectivity index (χ3n) is 5.11. The van der Waals surface area contributed by atoms with Gasteiger partial charge in [-0.15, -0.1) is 0 Å². The number of nitrogens with one attached hydrogen (secondary N) is 1. The van der Waals surface area contributed by atoms with Gasteiger partial charge in [0.15, 0.2) is 9.84 Å². The maximum atomic E-state index is 12.3. The first-order valence-electron chi connectivity index (χ1n) is 9.07. The number of sulfone groups is 1. The minimum Gasteiger partial charge on any atom is -0.379 e. The standard InChI is InChI=1S/C17H34N2O4S/c1-6-15(7-2)16(19-8-10-23-11-9-19)12-18-17(20)14(5)24(21,22)13(3)4/h13-16H,6-12H2,1-5H3,(H,18,20). The molecule has 0 bridgehead atoms. The largest absolute Gasteiger partial charge is 0.379 e. The molecule has 1 saturated heterocycles. The molecule has 0 radical (unpaired) electrons. The number of morpholine rings is 1. The fourth-order valence-electron chi connectivity index (χ4n) is 3.24. The van der Waals surface area contributed by atoms with Crippen LogP contribution in [-0.4, -0.2) is 68.6 Å². The molecule has 1 fully saturated rings. The third kappa shape index (κ3) is 5.43. The maximum absolute atomic E-state index is 12.3. The third-order valence-corrected chi connectivity index (χ3v) is 7.63. The number of carbonyl (C=O) groups excluding carboxylic acids is 1. The molecule has 6 nitrogen and oxygen atoms in total. The number of carbonyl (C=O) groups is 1. The highest BCUT2D eigenvalue weighted by Gasteiger charge is 2.32. The smallest absolute Gasteiger partial charge is 0.238 e. The van der Waals surface area contributed by atoms with Crippen molar-refractivity contribution in [1.82, 2.24) is 10.2 Å². The van der Waals surface area contributed by atoms with Gasteiger partial charge in [0.2, 0.25) is 5.91 Å². The second kappa shape index (κ2) is 9.73. The molecule has 0 aromatic heterocycles. The highest BCUT2D eigenvalue weighted by atomic mass is 32.2. The van der Waals surface area contributed by atoms with Gasteiger partial charge in [0.1, 0.15) is 5.25 Å². The Balaban J connectivity index is 2.75. The van der Waals surface area contributed by atoms with Gasteiger partial charge in [0.05, 0.1) is 18.5 Å². The molecule has 0 spiro atoms. The van der Waals surface area contributed by atoms with Crippen molar-refractivity contribution in [1.29, 1.82) is 0 Å². The van der Waals surface area contributed by atoms with Crippen LogP contribution < -0.4 is 5.32 Å². The Labute approximate surface area is 147 Å². The average molecular weight is 363 g/mol. The molecular weight excluding hydrogens is 328 g/mol. The van der Waals surface area contributed by atoms with Crippen molar-refractivity contribution in [3.63, 3.8) is 0 Å². The number of hydrogen-bond donors (Lipinski definition) is 1. The monoisotopic (exact) mass is 362 g/mol. The van der Waals surface area contributed by atoms with Gasteiger partial charge in [0.25, 0.3) is 0 Å². The number of nitrogens with zero attached hydrogens (tertiary/aromatic N) is 1. The number of rotatable bonds is 9. The van der Waals surface area contributed by atoms with Gasteiger partial charge in [-0.1, -0.05) is 26.7 Å². The minimum atomic E-state index is -3.43. The Hall–Kier alpha value is -0.660. The summed E-state index contributed by atoms with van der Waals surface area (Å²) < 4.78 is 29.8. The molecule has 0 aromatic carbocycles. The van der Waals surface area contributed by atoms with Gasteiger partial charge in [-0.3, -0.25) is 9.69 Å². The van der Waals surface area contributed by atoms with E-state index in [-0.39, 0.29) is 6.04 Å². The summed E-state index contributed by atoms with van der Waals surface area (Å²) in [5.41, 5.74) is 0. The van der Waals surface area contributed by atoms with E-state index in [1.54, 1.807) is 13.8 Å². The summed E-state index contributed by atoms with van der Waals surface area (Å²) in [7, 11) is -3.43. The quantitative estimate of drug-likeness (QED) is 0.672. The van der Waals surface area contributed by atoms with Crippen LogP contribution in [0.3, 0.4) is 0 Å². The van der Waals surface area contributed by atoms with E-state index in [0.717, 1.165) is 25.9 Å². The molecule has 2 atom stereocenters. The molecule has 1 rings (SSSR count).